The lowest BCUT2D eigenvalue weighted by atomic mass is 10.0. The number of carbonyl (C=O) groups excluding carboxylic acids is 3. The molecule has 0 spiro atoms. The minimum atomic E-state index is -0.218. The van der Waals surface area contributed by atoms with Gasteiger partial charge < -0.3 is 20.4 Å². The summed E-state index contributed by atoms with van der Waals surface area (Å²) < 4.78 is 0. The summed E-state index contributed by atoms with van der Waals surface area (Å²) in [6.45, 7) is 3.61. The van der Waals surface area contributed by atoms with Crippen LogP contribution in [0.1, 0.15) is 37.4 Å². The number of amides is 3. The zero-order valence-corrected chi connectivity index (χ0v) is 20.2. The lowest BCUT2D eigenvalue weighted by molar-refractivity contribution is -0.110. The molecule has 2 heterocycles. The number of hydrogen-bond acceptors (Lipinski definition) is 4. The predicted molar refractivity (Wildman–Crippen MR) is 140 cm³/mol. The highest BCUT2D eigenvalue weighted by molar-refractivity contribution is 6.35. The Morgan fingerprint density at radius 2 is 1.61 bits per heavy atom. The van der Waals surface area contributed by atoms with Crippen molar-refractivity contribution in [3.05, 3.63) is 101 Å². The van der Waals surface area contributed by atoms with Crippen molar-refractivity contribution in [2.75, 3.05) is 38.5 Å². The topological polar surface area (TPSA) is 81.8 Å². The Morgan fingerprint density at radius 1 is 0.917 bits per heavy atom. The summed E-state index contributed by atoms with van der Waals surface area (Å²) >= 11 is 0. The van der Waals surface area contributed by atoms with Crippen LogP contribution in [0, 0.1) is 0 Å². The highest BCUT2D eigenvalue weighted by Gasteiger charge is 2.25. The van der Waals surface area contributed by atoms with E-state index >= 15 is 0 Å². The number of rotatable bonds is 5. The van der Waals surface area contributed by atoms with E-state index in [0.29, 0.717) is 34.5 Å². The van der Waals surface area contributed by atoms with Crippen molar-refractivity contribution in [1.82, 2.24) is 15.1 Å². The van der Waals surface area contributed by atoms with Crippen molar-refractivity contribution in [1.29, 1.82) is 0 Å². The molecule has 3 aromatic carbocycles. The molecule has 2 aliphatic heterocycles. The van der Waals surface area contributed by atoms with Crippen LogP contribution >= 0.6 is 0 Å². The Labute approximate surface area is 210 Å². The van der Waals surface area contributed by atoms with Gasteiger partial charge in [0.05, 0.1) is 0 Å². The van der Waals surface area contributed by atoms with Gasteiger partial charge in [-0.1, -0.05) is 42.5 Å². The lowest BCUT2D eigenvalue weighted by Crippen LogP contribution is -2.47. The van der Waals surface area contributed by atoms with Crippen molar-refractivity contribution in [2.24, 2.45) is 0 Å². The van der Waals surface area contributed by atoms with Crippen LogP contribution in [-0.2, 0) is 11.3 Å². The van der Waals surface area contributed by atoms with Gasteiger partial charge in [-0.05, 0) is 54.6 Å². The number of benzene rings is 3. The van der Waals surface area contributed by atoms with E-state index < -0.39 is 0 Å². The van der Waals surface area contributed by atoms with E-state index in [2.05, 4.69) is 22.6 Å². The van der Waals surface area contributed by atoms with E-state index in [-0.39, 0.29) is 17.7 Å². The second-order valence-electron chi connectivity index (χ2n) is 9.16. The van der Waals surface area contributed by atoms with Crippen LogP contribution < -0.4 is 10.6 Å². The van der Waals surface area contributed by atoms with E-state index in [9.17, 15) is 14.4 Å². The first-order chi connectivity index (χ1) is 17.5. The van der Waals surface area contributed by atoms with Gasteiger partial charge in [0.1, 0.15) is 0 Å². The number of carbonyl (C=O) groups is 3. The first kappa shape index (κ1) is 23.5. The Balaban J connectivity index is 1.31. The Kier molecular flexibility index (Phi) is 6.64. The van der Waals surface area contributed by atoms with Gasteiger partial charge in [-0.2, -0.15) is 0 Å². The molecule has 3 aromatic rings. The van der Waals surface area contributed by atoms with E-state index in [4.69, 9.17) is 0 Å². The van der Waals surface area contributed by atoms with E-state index in [1.54, 1.807) is 36.4 Å². The molecule has 7 nitrogen and oxygen atoms in total. The molecular weight excluding hydrogens is 452 g/mol. The van der Waals surface area contributed by atoms with Crippen LogP contribution in [-0.4, -0.2) is 60.7 Å². The summed E-state index contributed by atoms with van der Waals surface area (Å²) in [5.41, 5.74) is 4.79. The second kappa shape index (κ2) is 10.2. The predicted octanol–water partition coefficient (Wildman–Crippen LogP) is 3.50. The van der Waals surface area contributed by atoms with Crippen LogP contribution in [0.5, 0.6) is 0 Å². The summed E-state index contributed by atoms with van der Waals surface area (Å²) in [5.74, 6) is -0.394. The van der Waals surface area contributed by atoms with Crippen molar-refractivity contribution in [3.8, 4) is 0 Å². The molecule has 0 aromatic heterocycles. The van der Waals surface area contributed by atoms with Crippen molar-refractivity contribution in [3.63, 3.8) is 0 Å². The number of nitrogens with zero attached hydrogens (tertiary/aromatic N) is 2. The fourth-order valence-electron chi connectivity index (χ4n) is 4.43. The monoisotopic (exact) mass is 480 g/mol. The number of likely N-dealkylation sites (N-methyl/N-ethyl adjacent to an activating group) is 1. The molecule has 1 fully saturated rings. The van der Waals surface area contributed by atoms with Gasteiger partial charge in [0, 0.05) is 60.7 Å². The molecule has 2 aliphatic rings. The number of hydrogen-bond donors (Lipinski definition) is 2. The largest absolute Gasteiger partial charge is 0.348 e. The highest BCUT2D eigenvalue weighted by atomic mass is 16.2. The fraction of sp³-hybridized carbons (Fsp3) is 0.207. The average Bonchev–Trinajstić information content (AvgIpc) is 3.22. The van der Waals surface area contributed by atoms with Crippen LogP contribution in [0.15, 0.2) is 72.8 Å². The second-order valence-corrected chi connectivity index (χ2v) is 9.16. The van der Waals surface area contributed by atoms with Gasteiger partial charge in [0.15, 0.2) is 0 Å². The molecule has 0 aliphatic carbocycles. The molecule has 0 atom stereocenters. The van der Waals surface area contributed by atoms with Crippen LogP contribution in [0.3, 0.4) is 0 Å². The highest BCUT2D eigenvalue weighted by Crippen LogP contribution is 2.34. The Bertz CT molecular complexity index is 1320. The molecule has 0 bridgehead atoms. The smallest absolute Gasteiger partial charge is 0.256 e. The van der Waals surface area contributed by atoms with Crippen LogP contribution in [0.2, 0.25) is 0 Å². The molecule has 0 saturated carbocycles. The molecule has 182 valence electrons. The summed E-state index contributed by atoms with van der Waals surface area (Å²) in [6.07, 6.45) is 1.79. The van der Waals surface area contributed by atoms with Gasteiger partial charge in [-0.25, -0.2) is 0 Å². The zero-order chi connectivity index (χ0) is 25.1. The Morgan fingerprint density at radius 3 is 2.33 bits per heavy atom. The van der Waals surface area contributed by atoms with Crippen molar-refractivity contribution in [2.45, 2.75) is 6.54 Å². The normalized spacial score (nSPS) is 16.5. The third kappa shape index (κ3) is 5.06. The molecular formula is C29H28N4O3. The van der Waals surface area contributed by atoms with E-state index in [1.807, 2.05) is 47.4 Å². The SMILES string of the molecule is CN1CCN(C(=O)c2ccc(C=C3C(=O)Nc4ccc(C(=O)NCc5ccccc5)cc43)cc2)CC1. The van der Waals surface area contributed by atoms with Crippen LogP contribution in [0.25, 0.3) is 11.6 Å². The van der Waals surface area contributed by atoms with Crippen molar-refractivity contribution >= 4 is 35.1 Å². The number of nitrogens with one attached hydrogen (secondary N) is 2. The number of anilines is 1. The third-order valence-corrected chi connectivity index (χ3v) is 6.62. The summed E-state index contributed by atoms with van der Waals surface area (Å²) in [5, 5.41) is 5.79. The maximum atomic E-state index is 12.8. The molecule has 2 N–H and O–H groups in total. The first-order valence-electron chi connectivity index (χ1n) is 12.1. The molecule has 0 radical (unpaired) electrons. The van der Waals surface area contributed by atoms with Gasteiger partial charge in [0.2, 0.25) is 0 Å². The maximum Gasteiger partial charge on any atom is 0.256 e. The van der Waals surface area contributed by atoms with Gasteiger partial charge in [-0.15, -0.1) is 0 Å². The number of fused-ring (bicyclic) bond motifs is 1. The van der Waals surface area contributed by atoms with Gasteiger partial charge in [-0.3, -0.25) is 14.4 Å². The fourth-order valence-corrected chi connectivity index (χ4v) is 4.43. The molecule has 5 rings (SSSR count). The zero-order valence-electron chi connectivity index (χ0n) is 20.2. The summed E-state index contributed by atoms with van der Waals surface area (Å²) in [6, 6.07) is 22.2. The van der Waals surface area contributed by atoms with E-state index in [0.717, 1.165) is 37.3 Å². The molecule has 0 unspecified atom stereocenters. The molecule has 36 heavy (non-hydrogen) atoms. The lowest BCUT2D eigenvalue weighted by Gasteiger charge is -2.32. The molecule has 7 heteroatoms. The molecule has 3 amide bonds. The Hall–Kier alpha value is -4.23. The van der Waals surface area contributed by atoms with Gasteiger partial charge >= 0.3 is 0 Å². The summed E-state index contributed by atoms with van der Waals surface area (Å²) in [4.78, 5) is 42.3. The average molecular weight is 481 g/mol. The van der Waals surface area contributed by atoms with Crippen LogP contribution in [0.4, 0.5) is 5.69 Å². The van der Waals surface area contributed by atoms with Gasteiger partial charge in [0.25, 0.3) is 17.7 Å². The van der Waals surface area contributed by atoms with Crippen molar-refractivity contribution < 1.29 is 14.4 Å². The third-order valence-electron chi connectivity index (χ3n) is 6.62. The minimum absolute atomic E-state index is 0.0254. The minimum Gasteiger partial charge on any atom is -0.348 e. The number of piperazine rings is 1. The summed E-state index contributed by atoms with van der Waals surface area (Å²) in [7, 11) is 2.06. The molecule has 1 saturated heterocycles. The van der Waals surface area contributed by atoms with E-state index in [1.165, 1.54) is 0 Å². The quantitative estimate of drug-likeness (QED) is 0.548. The maximum absolute atomic E-state index is 12.8. The standard InChI is InChI=1S/C29H28N4O3/c1-32-13-15-33(16-14-32)29(36)22-9-7-20(8-10-22)17-25-24-18-23(11-12-26(24)31-28(25)35)27(34)30-19-21-5-3-2-4-6-21/h2-12,17-18H,13-16,19H2,1H3,(H,30,34)(H,31,35). The first-order valence-corrected chi connectivity index (χ1v) is 12.1.